The van der Waals surface area contributed by atoms with Crippen LogP contribution in [0, 0.1) is 11.3 Å². The fraction of sp³-hybridized carbons (Fsp3) is 0.231. The molecule has 1 heterocycles. The molecule has 0 saturated heterocycles. The highest BCUT2D eigenvalue weighted by Crippen LogP contribution is 2.25. The van der Waals surface area contributed by atoms with E-state index in [4.69, 9.17) is 14.7 Å². The Balaban J connectivity index is 1.90. The average Bonchev–Trinajstić information content (AvgIpc) is 2.87. The number of hydrogen-bond acceptors (Lipinski definition) is 5. The molecule has 0 N–H and O–H groups in total. The number of para-hydroxylation sites is 2. The third-order valence-electron chi connectivity index (χ3n) is 2.31. The maximum Gasteiger partial charge on any atom is 0.161 e. The molecule has 0 unspecified atom stereocenters. The van der Waals surface area contributed by atoms with Gasteiger partial charge in [-0.1, -0.05) is 12.1 Å². The van der Waals surface area contributed by atoms with Gasteiger partial charge < -0.3 is 9.47 Å². The van der Waals surface area contributed by atoms with E-state index in [0.29, 0.717) is 24.5 Å². The first-order chi connectivity index (χ1) is 8.83. The highest BCUT2D eigenvalue weighted by atomic mass is 32.1. The molecular formula is C13H12N2O2S. The number of hydrogen-bond donors (Lipinski definition) is 0. The zero-order valence-electron chi connectivity index (χ0n) is 9.92. The second kappa shape index (κ2) is 6.03. The zero-order chi connectivity index (χ0) is 12.8. The Hall–Kier alpha value is -2.06. The average molecular weight is 260 g/mol. The lowest BCUT2D eigenvalue weighted by molar-refractivity contribution is 0.297. The van der Waals surface area contributed by atoms with Crippen LogP contribution < -0.4 is 9.47 Å². The Morgan fingerprint density at radius 3 is 2.78 bits per heavy atom. The Morgan fingerprint density at radius 1 is 1.33 bits per heavy atom. The molecular weight excluding hydrogens is 248 g/mol. The smallest absolute Gasteiger partial charge is 0.161 e. The number of nitriles is 1. The molecule has 0 atom stereocenters. The molecule has 0 amide bonds. The highest BCUT2D eigenvalue weighted by molar-refractivity contribution is 7.09. The van der Waals surface area contributed by atoms with Gasteiger partial charge in [0.05, 0.1) is 18.7 Å². The maximum absolute atomic E-state index is 8.67. The van der Waals surface area contributed by atoms with E-state index in [-0.39, 0.29) is 0 Å². The number of benzene rings is 1. The molecule has 0 fully saturated rings. The molecule has 0 aliphatic rings. The van der Waals surface area contributed by atoms with Gasteiger partial charge in [0.15, 0.2) is 17.2 Å². The monoisotopic (exact) mass is 260 g/mol. The predicted molar refractivity (Wildman–Crippen MR) is 69.0 cm³/mol. The van der Waals surface area contributed by atoms with Crippen molar-refractivity contribution < 1.29 is 9.47 Å². The minimum Gasteiger partial charge on any atom is -0.493 e. The molecule has 0 saturated carbocycles. The summed E-state index contributed by atoms with van der Waals surface area (Å²) in [5.41, 5.74) is 0.465. The van der Waals surface area contributed by atoms with Crippen molar-refractivity contribution in [2.24, 2.45) is 0 Å². The van der Waals surface area contributed by atoms with E-state index in [1.165, 1.54) is 11.3 Å². The summed E-state index contributed by atoms with van der Waals surface area (Å²) in [6.07, 6.45) is 0.685. The van der Waals surface area contributed by atoms with Crippen molar-refractivity contribution in [2.75, 3.05) is 13.7 Å². The van der Waals surface area contributed by atoms with E-state index in [9.17, 15) is 0 Å². The first-order valence-corrected chi connectivity index (χ1v) is 6.32. The minimum absolute atomic E-state index is 0.465. The van der Waals surface area contributed by atoms with E-state index in [1.54, 1.807) is 12.5 Å². The largest absolute Gasteiger partial charge is 0.493 e. The molecule has 0 spiro atoms. The third-order valence-corrected chi connectivity index (χ3v) is 3.22. The second-order valence-electron chi connectivity index (χ2n) is 3.49. The van der Waals surface area contributed by atoms with Crippen molar-refractivity contribution in [3.05, 3.63) is 40.3 Å². The molecule has 2 aromatic rings. The summed E-state index contributed by atoms with van der Waals surface area (Å²) >= 11 is 1.47. The highest BCUT2D eigenvalue weighted by Gasteiger charge is 2.04. The Labute approximate surface area is 109 Å². The SMILES string of the molecule is COc1ccccc1OCCc1nc(C#N)cs1. The molecule has 2 rings (SSSR count). The van der Waals surface area contributed by atoms with Gasteiger partial charge in [-0.3, -0.25) is 0 Å². The number of aromatic nitrogens is 1. The van der Waals surface area contributed by atoms with Crippen molar-refractivity contribution in [1.82, 2.24) is 4.98 Å². The topological polar surface area (TPSA) is 55.1 Å². The number of thiazole rings is 1. The van der Waals surface area contributed by atoms with Crippen LogP contribution in [0.25, 0.3) is 0 Å². The summed E-state index contributed by atoms with van der Waals surface area (Å²) in [7, 11) is 1.61. The van der Waals surface area contributed by atoms with Gasteiger partial charge in [-0.25, -0.2) is 4.98 Å². The van der Waals surface area contributed by atoms with E-state index in [2.05, 4.69) is 4.98 Å². The molecule has 5 heteroatoms. The van der Waals surface area contributed by atoms with Gasteiger partial charge in [-0.05, 0) is 12.1 Å². The van der Waals surface area contributed by atoms with Crippen LogP contribution >= 0.6 is 11.3 Å². The Morgan fingerprint density at radius 2 is 2.11 bits per heavy atom. The van der Waals surface area contributed by atoms with Crippen LogP contribution in [0.2, 0.25) is 0 Å². The quantitative estimate of drug-likeness (QED) is 0.829. The van der Waals surface area contributed by atoms with Gasteiger partial charge in [0.1, 0.15) is 6.07 Å². The zero-order valence-corrected chi connectivity index (χ0v) is 10.7. The summed E-state index contributed by atoms with van der Waals surface area (Å²) in [5.74, 6) is 1.44. The number of methoxy groups -OCH3 is 1. The van der Waals surface area contributed by atoms with Crippen LogP contribution in [-0.2, 0) is 6.42 Å². The van der Waals surface area contributed by atoms with Crippen LogP contribution in [0.4, 0.5) is 0 Å². The first-order valence-electron chi connectivity index (χ1n) is 5.44. The number of rotatable bonds is 5. The van der Waals surface area contributed by atoms with Gasteiger partial charge >= 0.3 is 0 Å². The second-order valence-corrected chi connectivity index (χ2v) is 4.43. The molecule has 0 bridgehead atoms. The molecule has 0 aliphatic carbocycles. The maximum atomic E-state index is 8.67. The summed E-state index contributed by atoms with van der Waals surface area (Å²) in [6, 6.07) is 9.52. The van der Waals surface area contributed by atoms with Crippen LogP contribution in [0.15, 0.2) is 29.6 Å². The lowest BCUT2D eigenvalue weighted by atomic mass is 10.3. The number of ether oxygens (including phenoxy) is 2. The summed E-state index contributed by atoms with van der Waals surface area (Å²) < 4.78 is 10.8. The van der Waals surface area contributed by atoms with Crippen molar-refractivity contribution in [2.45, 2.75) is 6.42 Å². The van der Waals surface area contributed by atoms with Gasteiger partial charge in [-0.2, -0.15) is 5.26 Å². The molecule has 0 radical (unpaired) electrons. The summed E-state index contributed by atoms with van der Waals surface area (Å²) in [4.78, 5) is 4.15. The van der Waals surface area contributed by atoms with E-state index < -0.39 is 0 Å². The minimum atomic E-state index is 0.465. The fourth-order valence-corrected chi connectivity index (χ4v) is 2.17. The van der Waals surface area contributed by atoms with Gasteiger partial charge in [0.25, 0.3) is 0 Å². The molecule has 18 heavy (non-hydrogen) atoms. The van der Waals surface area contributed by atoms with Crippen LogP contribution in [-0.4, -0.2) is 18.7 Å². The van der Waals surface area contributed by atoms with Crippen LogP contribution in [0.5, 0.6) is 11.5 Å². The van der Waals surface area contributed by atoms with Gasteiger partial charge in [-0.15, -0.1) is 11.3 Å². The van der Waals surface area contributed by atoms with Crippen molar-refractivity contribution in [3.8, 4) is 17.6 Å². The summed E-state index contributed by atoms with van der Waals surface area (Å²) in [6.45, 7) is 0.513. The van der Waals surface area contributed by atoms with Gasteiger partial charge in [0.2, 0.25) is 0 Å². The molecule has 0 aliphatic heterocycles. The normalized spacial score (nSPS) is 9.78. The third kappa shape index (κ3) is 2.99. The van der Waals surface area contributed by atoms with E-state index in [1.807, 2.05) is 30.3 Å². The van der Waals surface area contributed by atoms with E-state index >= 15 is 0 Å². The molecule has 4 nitrogen and oxygen atoms in total. The standard InChI is InChI=1S/C13H12N2O2S/c1-16-11-4-2-3-5-12(11)17-7-6-13-15-10(8-14)9-18-13/h2-5,9H,6-7H2,1H3. The fourth-order valence-electron chi connectivity index (χ4n) is 1.46. The predicted octanol–water partition coefficient (Wildman–Crippen LogP) is 2.64. The van der Waals surface area contributed by atoms with Crippen molar-refractivity contribution in [3.63, 3.8) is 0 Å². The lowest BCUT2D eigenvalue weighted by Gasteiger charge is -2.09. The lowest BCUT2D eigenvalue weighted by Crippen LogP contribution is -2.02. The first kappa shape index (κ1) is 12.4. The Bertz CT molecular complexity index is 560. The molecule has 1 aromatic heterocycles. The van der Waals surface area contributed by atoms with Crippen LogP contribution in [0.3, 0.4) is 0 Å². The Kier molecular flexibility index (Phi) is 4.15. The van der Waals surface area contributed by atoms with E-state index in [0.717, 1.165) is 10.8 Å². The van der Waals surface area contributed by atoms with Crippen molar-refractivity contribution in [1.29, 1.82) is 5.26 Å². The van der Waals surface area contributed by atoms with Gasteiger partial charge in [0, 0.05) is 11.8 Å². The molecule has 1 aromatic carbocycles. The summed E-state index contributed by atoms with van der Waals surface area (Å²) in [5, 5.41) is 11.3. The molecule has 92 valence electrons. The number of nitrogens with zero attached hydrogens (tertiary/aromatic N) is 2. The van der Waals surface area contributed by atoms with Crippen LogP contribution in [0.1, 0.15) is 10.7 Å². The van der Waals surface area contributed by atoms with Crippen molar-refractivity contribution >= 4 is 11.3 Å².